The molecule has 0 bridgehead atoms. The Balaban J connectivity index is 4.29. The van der Waals surface area contributed by atoms with Crippen LogP contribution in [0.25, 0.3) is 0 Å². The molecule has 0 radical (unpaired) electrons. The number of carbonyl (C=O) groups is 3. The minimum Gasteiger partial charge on any atom is -0.462 e. The van der Waals surface area contributed by atoms with Gasteiger partial charge in [-0.1, -0.05) is 316 Å². The summed E-state index contributed by atoms with van der Waals surface area (Å²) in [7, 11) is 0. The van der Waals surface area contributed by atoms with Gasteiger partial charge < -0.3 is 14.2 Å². The van der Waals surface area contributed by atoms with Crippen molar-refractivity contribution in [1.82, 2.24) is 0 Å². The van der Waals surface area contributed by atoms with Crippen molar-refractivity contribution in [3.05, 3.63) is 109 Å². The largest absolute Gasteiger partial charge is 0.462 e. The van der Waals surface area contributed by atoms with Crippen LogP contribution in [-0.4, -0.2) is 37.2 Å². The fourth-order valence-electron chi connectivity index (χ4n) is 9.81. The van der Waals surface area contributed by atoms with E-state index in [0.717, 1.165) is 109 Å². The van der Waals surface area contributed by atoms with Crippen molar-refractivity contribution in [2.75, 3.05) is 13.2 Å². The van der Waals surface area contributed by atoms with Crippen molar-refractivity contribution < 1.29 is 28.6 Å². The maximum atomic E-state index is 12.9. The van der Waals surface area contributed by atoms with Crippen LogP contribution in [0.5, 0.6) is 0 Å². The first kappa shape index (κ1) is 78.1. The maximum absolute atomic E-state index is 12.9. The molecular formula is C76H130O6. The van der Waals surface area contributed by atoms with Gasteiger partial charge in [0.25, 0.3) is 0 Å². The van der Waals surface area contributed by atoms with Crippen LogP contribution < -0.4 is 0 Å². The van der Waals surface area contributed by atoms with Crippen molar-refractivity contribution >= 4 is 17.9 Å². The Hall–Kier alpha value is -3.93. The predicted molar refractivity (Wildman–Crippen MR) is 357 cm³/mol. The molecule has 1 atom stereocenters. The summed E-state index contributed by atoms with van der Waals surface area (Å²) in [5.41, 5.74) is 0. The highest BCUT2D eigenvalue weighted by Gasteiger charge is 2.19. The van der Waals surface area contributed by atoms with E-state index in [1.165, 1.54) is 186 Å². The van der Waals surface area contributed by atoms with E-state index in [1.807, 2.05) is 0 Å². The van der Waals surface area contributed by atoms with Gasteiger partial charge in [0.1, 0.15) is 13.2 Å². The normalized spacial score (nSPS) is 12.8. The first-order valence-electron chi connectivity index (χ1n) is 34.9. The van der Waals surface area contributed by atoms with Gasteiger partial charge in [0, 0.05) is 19.3 Å². The zero-order chi connectivity index (χ0) is 59.2. The predicted octanol–water partition coefficient (Wildman–Crippen LogP) is 24.2. The summed E-state index contributed by atoms with van der Waals surface area (Å²) in [6, 6.07) is 0. The van der Waals surface area contributed by atoms with E-state index >= 15 is 0 Å². The fraction of sp³-hybridized carbons (Fsp3) is 0.724. The highest BCUT2D eigenvalue weighted by molar-refractivity contribution is 5.71. The van der Waals surface area contributed by atoms with Gasteiger partial charge in [-0.25, -0.2) is 0 Å². The number of unbranched alkanes of at least 4 members (excludes halogenated alkanes) is 34. The molecular weight excluding hydrogens is 1010 g/mol. The van der Waals surface area contributed by atoms with Crippen molar-refractivity contribution in [3.63, 3.8) is 0 Å². The molecule has 0 aromatic carbocycles. The molecule has 0 aliphatic heterocycles. The van der Waals surface area contributed by atoms with E-state index in [9.17, 15) is 14.4 Å². The molecule has 0 spiro atoms. The zero-order valence-electron chi connectivity index (χ0n) is 54.0. The van der Waals surface area contributed by atoms with Gasteiger partial charge in [-0.2, -0.15) is 0 Å². The van der Waals surface area contributed by atoms with Crippen LogP contribution in [0.2, 0.25) is 0 Å². The van der Waals surface area contributed by atoms with Crippen molar-refractivity contribution in [2.45, 2.75) is 341 Å². The van der Waals surface area contributed by atoms with Gasteiger partial charge in [0.2, 0.25) is 0 Å². The van der Waals surface area contributed by atoms with Crippen molar-refractivity contribution in [3.8, 4) is 0 Å². The standard InChI is InChI=1S/C76H130O6/c1-4-7-10-13-16-19-22-24-26-28-30-32-34-36-38-40-42-44-46-48-50-52-54-57-60-63-66-69-75(78)81-72-73(71-80-74(77)68-65-62-59-56-21-18-15-12-9-6-3)82-76(79)70-67-64-61-58-55-53-51-49-47-45-43-41-39-37-35-33-31-29-27-25-23-20-17-14-11-8-5-2/h7,10,16,19,24,26,29-32,36,38,42,44,48,50,54,57,73H,4-6,8-9,11-15,17-18,20-23,25,27-28,33-35,37,39-41,43,45-47,49,51-53,55-56,58-72H2,1-3H3/b10-7-,19-16-,26-24-,31-29-,32-30-,38-36-,44-42-,50-48-,57-54-. The van der Waals surface area contributed by atoms with Crippen LogP contribution in [0, 0.1) is 0 Å². The molecule has 0 aliphatic rings. The topological polar surface area (TPSA) is 78.9 Å². The van der Waals surface area contributed by atoms with E-state index in [1.54, 1.807) is 0 Å². The van der Waals surface area contributed by atoms with Gasteiger partial charge >= 0.3 is 17.9 Å². The third-order valence-corrected chi connectivity index (χ3v) is 15.0. The summed E-state index contributed by atoms with van der Waals surface area (Å²) >= 11 is 0. The Kier molecular flexibility index (Phi) is 66.2. The quantitative estimate of drug-likeness (QED) is 0.0261. The molecule has 0 saturated carbocycles. The Morgan fingerprint density at radius 1 is 0.256 bits per heavy atom. The minimum atomic E-state index is -0.796. The number of esters is 3. The highest BCUT2D eigenvalue weighted by Crippen LogP contribution is 2.17. The second-order valence-corrected chi connectivity index (χ2v) is 23.1. The van der Waals surface area contributed by atoms with Crippen molar-refractivity contribution in [2.24, 2.45) is 0 Å². The number of carbonyl (C=O) groups excluding carboxylic acids is 3. The van der Waals surface area contributed by atoms with E-state index in [4.69, 9.17) is 14.2 Å². The van der Waals surface area contributed by atoms with E-state index in [0.29, 0.717) is 19.3 Å². The van der Waals surface area contributed by atoms with Crippen LogP contribution in [0.15, 0.2) is 109 Å². The lowest BCUT2D eigenvalue weighted by molar-refractivity contribution is -0.167. The number of hydrogen-bond acceptors (Lipinski definition) is 6. The summed E-state index contributed by atoms with van der Waals surface area (Å²) < 4.78 is 16.9. The Morgan fingerprint density at radius 2 is 0.476 bits per heavy atom. The molecule has 0 heterocycles. The van der Waals surface area contributed by atoms with Gasteiger partial charge in [0.05, 0.1) is 0 Å². The summed E-state index contributed by atoms with van der Waals surface area (Å²) in [5.74, 6) is -0.925. The molecule has 470 valence electrons. The van der Waals surface area contributed by atoms with Crippen LogP contribution in [-0.2, 0) is 28.6 Å². The third kappa shape index (κ3) is 66.9. The average molecular weight is 1140 g/mol. The molecule has 0 aliphatic carbocycles. The third-order valence-electron chi connectivity index (χ3n) is 15.0. The number of hydrogen-bond donors (Lipinski definition) is 0. The van der Waals surface area contributed by atoms with Crippen molar-refractivity contribution in [1.29, 1.82) is 0 Å². The molecule has 6 nitrogen and oxygen atoms in total. The lowest BCUT2D eigenvalue weighted by Gasteiger charge is -2.18. The summed E-state index contributed by atoms with van der Waals surface area (Å²) in [4.78, 5) is 38.3. The molecule has 0 aromatic rings. The average Bonchev–Trinajstić information content (AvgIpc) is 3.48. The SMILES string of the molecule is CC/C=C\C/C=C\C/C=C\C/C=C\C/C=C\C/C=C\C/C=C\C/C=C\CCCCC(=O)OCC(COC(=O)CCCCCCCCCCCC)OC(=O)CCCCCCCCCCCCCCCCC/C=C\CCCCCCCCCC. The molecule has 0 amide bonds. The van der Waals surface area contributed by atoms with Crippen LogP contribution in [0.3, 0.4) is 0 Å². The van der Waals surface area contributed by atoms with E-state index in [-0.39, 0.29) is 31.1 Å². The van der Waals surface area contributed by atoms with Gasteiger partial charge in [0.15, 0.2) is 6.10 Å². The summed E-state index contributed by atoms with van der Waals surface area (Å²) in [6.45, 7) is 6.51. The monoisotopic (exact) mass is 1140 g/mol. The molecule has 6 heteroatoms. The Labute approximate surface area is 508 Å². The number of ether oxygens (including phenoxy) is 3. The lowest BCUT2D eigenvalue weighted by Crippen LogP contribution is -2.30. The number of allylic oxidation sites excluding steroid dienone is 18. The van der Waals surface area contributed by atoms with Crippen LogP contribution in [0.4, 0.5) is 0 Å². The van der Waals surface area contributed by atoms with E-state index < -0.39 is 6.10 Å². The highest BCUT2D eigenvalue weighted by atomic mass is 16.6. The molecule has 0 rings (SSSR count). The molecule has 0 N–H and O–H groups in total. The minimum absolute atomic E-state index is 0.0895. The summed E-state index contributed by atoms with van der Waals surface area (Å²) in [6.07, 6.45) is 95.5. The molecule has 0 saturated heterocycles. The van der Waals surface area contributed by atoms with Gasteiger partial charge in [-0.15, -0.1) is 0 Å². The summed E-state index contributed by atoms with van der Waals surface area (Å²) in [5, 5.41) is 0. The Morgan fingerprint density at radius 3 is 0.780 bits per heavy atom. The molecule has 82 heavy (non-hydrogen) atoms. The molecule has 0 fully saturated rings. The van der Waals surface area contributed by atoms with Crippen LogP contribution >= 0.6 is 0 Å². The maximum Gasteiger partial charge on any atom is 0.306 e. The smallest absolute Gasteiger partial charge is 0.306 e. The zero-order valence-corrected chi connectivity index (χ0v) is 54.0. The van der Waals surface area contributed by atoms with Gasteiger partial charge in [-0.3, -0.25) is 14.4 Å². The molecule has 1 unspecified atom stereocenters. The second-order valence-electron chi connectivity index (χ2n) is 23.1. The fourth-order valence-corrected chi connectivity index (χ4v) is 9.81. The lowest BCUT2D eigenvalue weighted by atomic mass is 10.0. The Bertz CT molecular complexity index is 1640. The van der Waals surface area contributed by atoms with Gasteiger partial charge in [-0.05, 0) is 109 Å². The second kappa shape index (κ2) is 69.6. The molecule has 0 aromatic heterocycles. The first-order chi connectivity index (χ1) is 40.5. The van der Waals surface area contributed by atoms with Crippen LogP contribution in [0.1, 0.15) is 335 Å². The number of rotatable bonds is 63. The van der Waals surface area contributed by atoms with E-state index in [2.05, 4.69) is 130 Å². The first-order valence-corrected chi connectivity index (χ1v) is 34.9.